The first kappa shape index (κ1) is 15.7. The smallest absolute Gasteiger partial charge is 0.123 e. The van der Waals surface area contributed by atoms with Crippen LogP contribution in [-0.2, 0) is 22.6 Å². The first-order valence-electron chi connectivity index (χ1n) is 8.41. The molecule has 0 saturated carbocycles. The van der Waals surface area contributed by atoms with Crippen molar-refractivity contribution in [1.82, 2.24) is 14.7 Å². The summed E-state index contributed by atoms with van der Waals surface area (Å²) in [7, 11) is 0. The average Bonchev–Trinajstić information content (AvgIpc) is 3.20. The minimum absolute atomic E-state index is 0.109. The van der Waals surface area contributed by atoms with Gasteiger partial charge < -0.3 is 9.47 Å². The van der Waals surface area contributed by atoms with Gasteiger partial charge >= 0.3 is 0 Å². The lowest BCUT2D eigenvalue weighted by molar-refractivity contribution is -0.111. The van der Waals surface area contributed by atoms with Crippen molar-refractivity contribution in [1.29, 1.82) is 0 Å². The van der Waals surface area contributed by atoms with Crippen LogP contribution in [0.1, 0.15) is 17.5 Å². The Morgan fingerprint density at radius 3 is 2.79 bits per heavy atom. The zero-order valence-electron chi connectivity index (χ0n) is 13.7. The van der Waals surface area contributed by atoms with Gasteiger partial charge in [-0.15, -0.1) is 0 Å². The third-order valence-electron chi connectivity index (χ3n) is 4.75. The molecule has 1 aromatic heterocycles. The van der Waals surface area contributed by atoms with Crippen LogP contribution >= 0.6 is 0 Å². The lowest BCUT2D eigenvalue weighted by Gasteiger charge is -2.39. The van der Waals surface area contributed by atoms with Gasteiger partial charge in [-0.3, -0.25) is 9.58 Å². The molecule has 1 spiro atoms. The Hall–Kier alpha value is -1.76. The van der Waals surface area contributed by atoms with E-state index in [0.717, 1.165) is 44.8 Å². The normalized spacial score (nSPS) is 24.7. The minimum Gasteiger partial charge on any atom is -0.378 e. The molecule has 24 heavy (non-hydrogen) atoms. The Labute approximate surface area is 141 Å². The molecule has 0 N–H and O–H groups in total. The molecule has 6 heteroatoms. The van der Waals surface area contributed by atoms with Gasteiger partial charge in [0.1, 0.15) is 11.4 Å². The van der Waals surface area contributed by atoms with E-state index in [1.165, 1.54) is 17.7 Å². The van der Waals surface area contributed by atoms with Gasteiger partial charge in [-0.2, -0.15) is 5.10 Å². The summed E-state index contributed by atoms with van der Waals surface area (Å²) in [6.45, 7) is 5.63. The summed E-state index contributed by atoms with van der Waals surface area (Å²) in [5.41, 5.74) is 2.12. The molecule has 2 saturated heterocycles. The molecule has 3 heterocycles. The number of hydrogen-bond donors (Lipinski definition) is 0. The van der Waals surface area contributed by atoms with Gasteiger partial charge in [-0.05, 0) is 17.7 Å². The largest absolute Gasteiger partial charge is 0.378 e. The van der Waals surface area contributed by atoms with Crippen molar-refractivity contribution in [3.8, 4) is 0 Å². The van der Waals surface area contributed by atoms with Crippen LogP contribution in [0.15, 0.2) is 36.7 Å². The standard InChI is InChI=1S/C18H22FN3O2/c19-17-3-1-15(2-4-17)11-22-12-16(9-20-22)10-21-6-8-24-18(13-21)5-7-23-14-18/h1-4,9,12H,5-8,10-11,13-14H2. The van der Waals surface area contributed by atoms with Crippen molar-refractivity contribution in [3.63, 3.8) is 0 Å². The number of benzene rings is 1. The van der Waals surface area contributed by atoms with E-state index in [-0.39, 0.29) is 11.4 Å². The van der Waals surface area contributed by atoms with Crippen molar-refractivity contribution in [2.75, 3.05) is 32.9 Å². The molecule has 2 fully saturated rings. The average molecular weight is 331 g/mol. The fraction of sp³-hybridized carbons (Fsp3) is 0.500. The SMILES string of the molecule is Fc1ccc(Cn2cc(CN3CCOC4(CCOC4)C3)cn2)cc1. The Bertz CT molecular complexity index is 680. The van der Waals surface area contributed by atoms with Gasteiger partial charge in [0.25, 0.3) is 0 Å². The van der Waals surface area contributed by atoms with E-state index in [1.54, 1.807) is 12.1 Å². The van der Waals surface area contributed by atoms with E-state index in [4.69, 9.17) is 9.47 Å². The van der Waals surface area contributed by atoms with Crippen LogP contribution in [0.2, 0.25) is 0 Å². The van der Waals surface area contributed by atoms with Crippen molar-refractivity contribution in [2.24, 2.45) is 0 Å². The molecule has 1 unspecified atom stereocenters. The summed E-state index contributed by atoms with van der Waals surface area (Å²) >= 11 is 0. The molecule has 0 radical (unpaired) electrons. The number of halogens is 1. The third-order valence-corrected chi connectivity index (χ3v) is 4.75. The van der Waals surface area contributed by atoms with Crippen LogP contribution in [0.5, 0.6) is 0 Å². The van der Waals surface area contributed by atoms with Crippen molar-refractivity contribution in [2.45, 2.75) is 25.1 Å². The lowest BCUT2D eigenvalue weighted by Crippen LogP contribution is -2.51. The monoisotopic (exact) mass is 331 g/mol. The molecular formula is C18H22FN3O2. The first-order chi connectivity index (χ1) is 11.7. The summed E-state index contributed by atoms with van der Waals surface area (Å²) in [6, 6.07) is 6.55. The van der Waals surface area contributed by atoms with Crippen molar-refractivity contribution in [3.05, 3.63) is 53.6 Å². The molecule has 0 bridgehead atoms. The number of hydrogen-bond acceptors (Lipinski definition) is 4. The maximum atomic E-state index is 13.0. The quantitative estimate of drug-likeness (QED) is 0.860. The zero-order chi connectivity index (χ0) is 16.4. The predicted molar refractivity (Wildman–Crippen MR) is 87.1 cm³/mol. The van der Waals surface area contributed by atoms with Crippen molar-refractivity contribution < 1.29 is 13.9 Å². The van der Waals surface area contributed by atoms with E-state index >= 15 is 0 Å². The highest BCUT2D eigenvalue weighted by molar-refractivity contribution is 5.17. The van der Waals surface area contributed by atoms with E-state index in [1.807, 2.05) is 10.9 Å². The molecule has 1 aromatic carbocycles. The van der Waals surface area contributed by atoms with Gasteiger partial charge in [-0.1, -0.05) is 12.1 Å². The highest BCUT2D eigenvalue weighted by Crippen LogP contribution is 2.28. The second-order valence-corrected chi connectivity index (χ2v) is 6.72. The number of rotatable bonds is 4. The molecule has 2 aliphatic heterocycles. The second-order valence-electron chi connectivity index (χ2n) is 6.72. The number of ether oxygens (including phenoxy) is 2. The van der Waals surface area contributed by atoms with Crippen LogP contribution in [0.4, 0.5) is 4.39 Å². The Morgan fingerprint density at radius 2 is 2.00 bits per heavy atom. The molecule has 0 aliphatic carbocycles. The summed E-state index contributed by atoms with van der Waals surface area (Å²) in [4.78, 5) is 2.41. The molecular weight excluding hydrogens is 309 g/mol. The van der Waals surface area contributed by atoms with E-state index in [0.29, 0.717) is 13.2 Å². The van der Waals surface area contributed by atoms with E-state index in [9.17, 15) is 4.39 Å². The molecule has 5 nitrogen and oxygen atoms in total. The maximum absolute atomic E-state index is 13.0. The van der Waals surface area contributed by atoms with Gasteiger partial charge in [0, 0.05) is 44.4 Å². The molecule has 2 aromatic rings. The van der Waals surface area contributed by atoms with Crippen LogP contribution in [0, 0.1) is 5.82 Å². The minimum atomic E-state index is -0.211. The van der Waals surface area contributed by atoms with Crippen LogP contribution in [-0.4, -0.2) is 53.2 Å². The lowest BCUT2D eigenvalue weighted by atomic mass is 10.0. The molecule has 1 atom stereocenters. The zero-order valence-corrected chi connectivity index (χ0v) is 13.7. The summed E-state index contributed by atoms with van der Waals surface area (Å²) < 4.78 is 26.4. The summed E-state index contributed by atoms with van der Waals surface area (Å²) in [6.07, 6.45) is 4.96. The van der Waals surface area contributed by atoms with Gasteiger partial charge in [-0.25, -0.2) is 4.39 Å². The number of nitrogens with zero attached hydrogens (tertiary/aromatic N) is 3. The molecule has 128 valence electrons. The Kier molecular flexibility index (Phi) is 4.35. The molecule has 0 amide bonds. The summed E-state index contributed by atoms with van der Waals surface area (Å²) in [5, 5.41) is 4.43. The fourth-order valence-corrected chi connectivity index (χ4v) is 3.50. The third kappa shape index (κ3) is 3.50. The Morgan fingerprint density at radius 1 is 1.12 bits per heavy atom. The van der Waals surface area contributed by atoms with Gasteiger partial charge in [0.2, 0.25) is 0 Å². The number of aromatic nitrogens is 2. The van der Waals surface area contributed by atoms with Gasteiger partial charge in [0.15, 0.2) is 0 Å². The Balaban J connectivity index is 1.37. The van der Waals surface area contributed by atoms with E-state index in [2.05, 4.69) is 16.2 Å². The first-order valence-corrected chi connectivity index (χ1v) is 8.41. The topological polar surface area (TPSA) is 39.5 Å². The fourth-order valence-electron chi connectivity index (χ4n) is 3.50. The molecule has 2 aliphatic rings. The van der Waals surface area contributed by atoms with Crippen LogP contribution in [0.25, 0.3) is 0 Å². The highest BCUT2D eigenvalue weighted by atomic mass is 19.1. The number of morpholine rings is 1. The van der Waals surface area contributed by atoms with Gasteiger partial charge in [0.05, 0.1) is 26.0 Å². The molecule has 4 rings (SSSR count). The summed E-state index contributed by atoms with van der Waals surface area (Å²) in [5.74, 6) is -0.211. The predicted octanol–water partition coefficient (Wildman–Crippen LogP) is 2.06. The van der Waals surface area contributed by atoms with Crippen LogP contribution < -0.4 is 0 Å². The van der Waals surface area contributed by atoms with Crippen LogP contribution in [0.3, 0.4) is 0 Å². The maximum Gasteiger partial charge on any atom is 0.123 e. The second kappa shape index (κ2) is 6.63. The van der Waals surface area contributed by atoms with E-state index < -0.39 is 0 Å². The highest BCUT2D eigenvalue weighted by Gasteiger charge is 2.40. The van der Waals surface area contributed by atoms with Crippen molar-refractivity contribution >= 4 is 0 Å².